The highest BCUT2D eigenvalue weighted by Crippen LogP contribution is 2.36. The molecule has 0 fully saturated rings. The van der Waals surface area contributed by atoms with E-state index in [1.807, 2.05) is 31.2 Å². The fourth-order valence-electron chi connectivity index (χ4n) is 2.70. The van der Waals surface area contributed by atoms with Gasteiger partial charge in [0.25, 0.3) is 0 Å². The molecule has 0 saturated carbocycles. The van der Waals surface area contributed by atoms with Crippen molar-refractivity contribution in [2.24, 2.45) is 0 Å². The third kappa shape index (κ3) is 6.06. The number of thiazole rings is 1. The minimum absolute atomic E-state index is 0.0153. The van der Waals surface area contributed by atoms with Crippen molar-refractivity contribution in [2.75, 3.05) is 5.32 Å². The van der Waals surface area contributed by atoms with Gasteiger partial charge < -0.3 is 5.32 Å². The molecule has 160 valence electrons. The highest BCUT2D eigenvalue weighted by atomic mass is 32.2. The molecule has 0 aliphatic rings. The van der Waals surface area contributed by atoms with Gasteiger partial charge in [-0.25, -0.2) is 9.97 Å². The molecule has 0 saturated heterocycles. The topological polar surface area (TPSA) is 78.7 Å². The zero-order valence-corrected chi connectivity index (χ0v) is 18.2. The normalized spacial score (nSPS) is 11.2. The third-order valence-electron chi connectivity index (χ3n) is 4.13. The van der Waals surface area contributed by atoms with E-state index in [4.69, 9.17) is 0 Å². The van der Waals surface area contributed by atoms with Crippen LogP contribution in [0.15, 0.2) is 40.7 Å². The van der Waals surface area contributed by atoms with Crippen molar-refractivity contribution < 1.29 is 18.0 Å². The molecule has 0 atom stereocenters. The fraction of sp³-hybridized carbons (Fsp3) is 0.238. The Balaban J connectivity index is 1.65. The van der Waals surface area contributed by atoms with Crippen LogP contribution in [0.3, 0.4) is 0 Å². The van der Waals surface area contributed by atoms with Crippen molar-refractivity contribution in [1.29, 1.82) is 5.26 Å². The van der Waals surface area contributed by atoms with Gasteiger partial charge in [-0.05, 0) is 32.0 Å². The van der Waals surface area contributed by atoms with Crippen LogP contribution < -0.4 is 5.32 Å². The van der Waals surface area contributed by atoms with Crippen LogP contribution in [0.4, 0.5) is 18.9 Å². The van der Waals surface area contributed by atoms with Crippen LogP contribution in [-0.2, 0) is 23.1 Å². The van der Waals surface area contributed by atoms with Crippen LogP contribution in [0, 0.1) is 25.2 Å². The van der Waals surface area contributed by atoms with E-state index in [9.17, 15) is 23.2 Å². The smallest absolute Gasteiger partial charge is 0.326 e. The molecule has 3 aromatic rings. The molecule has 0 bridgehead atoms. The van der Waals surface area contributed by atoms with Gasteiger partial charge in [-0.2, -0.15) is 18.4 Å². The fourth-order valence-corrected chi connectivity index (χ4v) is 4.54. The van der Waals surface area contributed by atoms with Crippen molar-refractivity contribution >= 4 is 34.7 Å². The second-order valence-electron chi connectivity index (χ2n) is 6.71. The number of pyridine rings is 1. The van der Waals surface area contributed by atoms with E-state index in [1.165, 1.54) is 18.3 Å². The maximum absolute atomic E-state index is 13.2. The van der Waals surface area contributed by atoms with Gasteiger partial charge in [-0.3, -0.25) is 4.79 Å². The van der Waals surface area contributed by atoms with Crippen molar-refractivity contribution in [2.45, 2.75) is 37.2 Å². The molecule has 31 heavy (non-hydrogen) atoms. The third-order valence-corrected chi connectivity index (χ3v) is 6.04. The molecule has 1 aromatic carbocycles. The van der Waals surface area contributed by atoms with Crippen molar-refractivity contribution in [1.82, 2.24) is 9.97 Å². The summed E-state index contributed by atoms with van der Waals surface area (Å²) in [6.07, 6.45) is -4.54. The van der Waals surface area contributed by atoms with Gasteiger partial charge >= 0.3 is 6.18 Å². The maximum Gasteiger partial charge on any atom is 0.417 e. The van der Waals surface area contributed by atoms with Crippen LogP contribution >= 0.6 is 23.1 Å². The quantitative estimate of drug-likeness (QED) is 0.488. The standard InChI is InChI=1S/C21H17F3N4OS2/c1-12-3-5-14(6-4-12)27-18(29)8-19-28-15(10-30-19)11-31-20-16(9-25)17(21(22,23)24)7-13(2)26-20/h3-7,10H,8,11H2,1-2H3,(H,27,29). The summed E-state index contributed by atoms with van der Waals surface area (Å²) in [6, 6.07) is 9.91. The van der Waals surface area contributed by atoms with Crippen LogP contribution in [0.5, 0.6) is 0 Å². The number of carbonyl (C=O) groups is 1. The average molecular weight is 463 g/mol. The SMILES string of the molecule is Cc1ccc(NC(=O)Cc2nc(CSc3nc(C)cc(C(F)(F)F)c3C#N)cs2)cc1. The first-order valence-electron chi connectivity index (χ1n) is 9.07. The van der Waals surface area contributed by atoms with E-state index in [0.29, 0.717) is 16.4 Å². The molecule has 2 heterocycles. The van der Waals surface area contributed by atoms with Gasteiger partial charge in [0.05, 0.1) is 23.2 Å². The highest BCUT2D eigenvalue weighted by Gasteiger charge is 2.35. The number of hydrogen-bond donors (Lipinski definition) is 1. The first-order chi connectivity index (χ1) is 14.7. The van der Waals surface area contributed by atoms with E-state index in [2.05, 4.69) is 15.3 Å². The van der Waals surface area contributed by atoms with Crippen molar-refractivity contribution in [3.8, 4) is 6.07 Å². The summed E-state index contributed by atoms with van der Waals surface area (Å²) >= 11 is 2.31. The Hall–Kier alpha value is -2.90. The Kier molecular flexibility index (Phi) is 6.97. The van der Waals surface area contributed by atoms with Crippen LogP contribution in [0.1, 0.15) is 33.1 Å². The Morgan fingerprint density at radius 1 is 1.23 bits per heavy atom. The summed E-state index contributed by atoms with van der Waals surface area (Å²) in [5.41, 5.74) is 1.09. The largest absolute Gasteiger partial charge is 0.417 e. The first kappa shape index (κ1) is 22.8. The maximum atomic E-state index is 13.2. The number of halogens is 3. The summed E-state index contributed by atoms with van der Waals surface area (Å²) in [6.45, 7) is 3.41. The first-order valence-corrected chi connectivity index (χ1v) is 10.9. The van der Waals surface area contributed by atoms with Crippen molar-refractivity contribution in [3.63, 3.8) is 0 Å². The lowest BCUT2D eigenvalue weighted by molar-refractivity contribution is -0.138. The molecule has 0 spiro atoms. The molecule has 10 heteroatoms. The molecule has 3 rings (SSSR count). The van der Waals surface area contributed by atoms with E-state index >= 15 is 0 Å². The Labute approximate surface area is 185 Å². The van der Waals surface area contributed by atoms with Gasteiger partial charge in [0.1, 0.15) is 16.1 Å². The molecule has 1 amide bonds. The predicted octanol–water partition coefficient (Wildman–Crippen LogP) is 5.52. The molecule has 0 radical (unpaired) electrons. The van der Waals surface area contributed by atoms with Crippen LogP contribution in [0.2, 0.25) is 0 Å². The highest BCUT2D eigenvalue weighted by molar-refractivity contribution is 7.98. The predicted molar refractivity (Wildman–Crippen MR) is 114 cm³/mol. The van der Waals surface area contributed by atoms with E-state index in [0.717, 1.165) is 23.4 Å². The lowest BCUT2D eigenvalue weighted by Gasteiger charge is -2.12. The summed E-state index contributed by atoms with van der Waals surface area (Å²) in [5, 5.41) is 14.4. The molecule has 0 unspecified atom stereocenters. The number of carbonyl (C=O) groups excluding carboxylic acids is 1. The number of nitrogens with one attached hydrogen (secondary N) is 1. The average Bonchev–Trinajstić information content (AvgIpc) is 3.14. The number of aromatic nitrogens is 2. The zero-order valence-electron chi connectivity index (χ0n) is 16.6. The molecular weight excluding hydrogens is 445 g/mol. The lowest BCUT2D eigenvalue weighted by atomic mass is 10.1. The van der Waals surface area contributed by atoms with E-state index in [-0.39, 0.29) is 28.8 Å². The molecule has 5 nitrogen and oxygen atoms in total. The van der Waals surface area contributed by atoms with Crippen molar-refractivity contribution in [3.05, 3.63) is 68.8 Å². The number of alkyl halides is 3. The second kappa shape index (κ2) is 9.49. The molecule has 2 aromatic heterocycles. The molecule has 0 aliphatic carbocycles. The zero-order chi connectivity index (χ0) is 22.6. The van der Waals surface area contributed by atoms with Gasteiger partial charge in [0.2, 0.25) is 5.91 Å². The number of amides is 1. The number of aryl methyl sites for hydroxylation is 2. The lowest BCUT2D eigenvalue weighted by Crippen LogP contribution is -2.14. The number of rotatable bonds is 6. The summed E-state index contributed by atoms with van der Waals surface area (Å²) < 4.78 is 39.7. The van der Waals surface area contributed by atoms with Crippen LogP contribution in [0.25, 0.3) is 0 Å². The summed E-state index contributed by atoms with van der Waals surface area (Å²) in [7, 11) is 0. The monoisotopic (exact) mass is 462 g/mol. The number of nitriles is 1. The minimum atomic E-state index is -4.63. The number of anilines is 1. The molecule has 1 N–H and O–H groups in total. The van der Waals surface area contributed by atoms with Gasteiger partial charge in [-0.1, -0.05) is 29.5 Å². The molecule has 0 aliphatic heterocycles. The van der Waals surface area contributed by atoms with E-state index in [1.54, 1.807) is 11.4 Å². The number of hydrogen-bond acceptors (Lipinski definition) is 6. The summed E-state index contributed by atoms with van der Waals surface area (Å²) in [4.78, 5) is 20.7. The minimum Gasteiger partial charge on any atom is -0.326 e. The number of nitrogens with zero attached hydrogens (tertiary/aromatic N) is 3. The Morgan fingerprint density at radius 3 is 2.58 bits per heavy atom. The summed E-state index contributed by atoms with van der Waals surface area (Å²) in [5.74, 6) is 0.0257. The van der Waals surface area contributed by atoms with Crippen LogP contribution in [-0.4, -0.2) is 15.9 Å². The van der Waals surface area contributed by atoms with E-state index < -0.39 is 17.3 Å². The van der Waals surface area contributed by atoms with Gasteiger partial charge in [0.15, 0.2) is 0 Å². The number of benzene rings is 1. The van der Waals surface area contributed by atoms with Gasteiger partial charge in [-0.15, -0.1) is 11.3 Å². The molecular formula is C21H17F3N4OS2. The Bertz CT molecular complexity index is 1140. The van der Waals surface area contributed by atoms with Gasteiger partial charge in [0, 0.05) is 22.5 Å². The number of thioether (sulfide) groups is 1. The Morgan fingerprint density at radius 2 is 1.94 bits per heavy atom. The second-order valence-corrected chi connectivity index (χ2v) is 8.62.